The second-order valence-electron chi connectivity index (χ2n) is 9.89. The molecule has 0 unspecified atom stereocenters. The van der Waals surface area contributed by atoms with E-state index in [1.807, 2.05) is 84.9 Å². The number of carbonyl (C=O) groups is 4. The Hall–Kier alpha value is -4.14. The van der Waals surface area contributed by atoms with Crippen molar-refractivity contribution in [2.24, 2.45) is 0 Å². The van der Waals surface area contributed by atoms with Crippen molar-refractivity contribution >= 4 is 58.5 Å². The molecule has 2 aliphatic rings. The van der Waals surface area contributed by atoms with Crippen LogP contribution in [0.4, 0.5) is 11.4 Å². The molecule has 0 N–H and O–H groups in total. The van der Waals surface area contributed by atoms with Crippen LogP contribution >= 0.6 is 23.5 Å². The largest absolute Gasteiger partial charge is 0.274 e. The van der Waals surface area contributed by atoms with E-state index in [2.05, 4.69) is 0 Å². The highest BCUT2D eigenvalue weighted by molar-refractivity contribution is 8.01. The van der Waals surface area contributed by atoms with Gasteiger partial charge >= 0.3 is 0 Å². The number of hydrogen-bond acceptors (Lipinski definition) is 6. The summed E-state index contributed by atoms with van der Waals surface area (Å²) in [6.45, 7) is 0. The predicted molar refractivity (Wildman–Crippen MR) is 162 cm³/mol. The number of nitrogens with zero attached hydrogens (tertiary/aromatic N) is 2. The molecule has 4 amide bonds. The van der Waals surface area contributed by atoms with E-state index < -0.39 is 10.5 Å². The van der Waals surface area contributed by atoms with Crippen LogP contribution in [0.5, 0.6) is 0 Å². The lowest BCUT2D eigenvalue weighted by Gasteiger charge is -2.16. The first-order valence-electron chi connectivity index (χ1n) is 13.3. The summed E-state index contributed by atoms with van der Waals surface area (Å²) in [5.74, 6) is -0.769. The van der Waals surface area contributed by atoms with Crippen molar-refractivity contribution in [3.8, 4) is 0 Å². The summed E-state index contributed by atoms with van der Waals surface area (Å²) in [6, 6.07) is 34.2. The Kier molecular flexibility index (Phi) is 7.76. The molecule has 2 aliphatic heterocycles. The summed E-state index contributed by atoms with van der Waals surface area (Å²) in [7, 11) is 0. The average molecular weight is 579 g/mol. The van der Waals surface area contributed by atoms with Crippen LogP contribution in [0.2, 0.25) is 0 Å². The van der Waals surface area contributed by atoms with E-state index in [-0.39, 0.29) is 36.5 Å². The highest BCUT2D eigenvalue weighted by atomic mass is 32.2. The van der Waals surface area contributed by atoms with E-state index in [0.29, 0.717) is 17.8 Å². The van der Waals surface area contributed by atoms with Gasteiger partial charge in [-0.2, -0.15) is 0 Å². The van der Waals surface area contributed by atoms with Gasteiger partial charge in [0.15, 0.2) is 0 Å². The van der Waals surface area contributed by atoms with Crippen LogP contribution in [-0.2, 0) is 25.6 Å². The Morgan fingerprint density at radius 1 is 0.512 bits per heavy atom. The number of hydrogen-bond donors (Lipinski definition) is 0. The van der Waals surface area contributed by atoms with Crippen molar-refractivity contribution in [3.63, 3.8) is 0 Å². The van der Waals surface area contributed by atoms with Gasteiger partial charge in [0.05, 0.1) is 21.9 Å². The summed E-state index contributed by atoms with van der Waals surface area (Å²) in [5, 5.41) is -0.852. The number of thioether (sulfide) groups is 2. The van der Waals surface area contributed by atoms with E-state index in [1.165, 1.54) is 33.3 Å². The Morgan fingerprint density at radius 2 is 0.878 bits per heavy atom. The van der Waals surface area contributed by atoms with Crippen molar-refractivity contribution < 1.29 is 19.2 Å². The van der Waals surface area contributed by atoms with Crippen LogP contribution in [0.25, 0.3) is 0 Å². The SMILES string of the molecule is O=C1C[C@H](Sc2ccccc2)C(=O)N1c1ccc(Cc2ccc(N3C(=O)C[C@H](Sc4ccccc4)C3=O)cc2)cc1. The molecule has 6 rings (SSSR count). The van der Waals surface area contributed by atoms with E-state index >= 15 is 0 Å². The number of anilines is 2. The molecule has 2 saturated heterocycles. The molecular weight excluding hydrogens is 553 g/mol. The molecule has 2 fully saturated rings. The van der Waals surface area contributed by atoms with Crippen LogP contribution in [0.1, 0.15) is 24.0 Å². The first kappa shape index (κ1) is 27.1. The summed E-state index contributed by atoms with van der Waals surface area (Å²) in [4.78, 5) is 55.9. The van der Waals surface area contributed by atoms with Crippen molar-refractivity contribution in [3.05, 3.63) is 120 Å². The van der Waals surface area contributed by atoms with Gasteiger partial charge in [0.25, 0.3) is 0 Å². The highest BCUT2D eigenvalue weighted by Gasteiger charge is 2.41. The van der Waals surface area contributed by atoms with Crippen molar-refractivity contribution in [1.29, 1.82) is 0 Å². The van der Waals surface area contributed by atoms with Gasteiger partial charge in [-0.3, -0.25) is 19.2 Å². The minimum atomic E-state index is -0.426. The lowest BCUT2D eigenvalue weighted by Crippen LogP contribution is -2.31. The maximum Gasteiger partial charge on any atom is 0.247 e. The molecule has 4 aromatic carbocycles. The molecule has 6 nitrogen and oxygen atoms in total. The monoisotopic (exact) mass is 578 g/mol. The third-order valence-electron chi connectivity index (χ3n) is 7.05. The molecule has 0 aliphatic carbocycles. The van der Waals surface area contributed by atoms with E-state index in [1.54, 1.807) is 24.3 Å². The zero-order valence-electron chi connectivity index (χ0n) is 22.0. The van der Waals surface area contributed by atoms with Gasteiger partial charge in [0.2, 0.25) is 23.6 Å². The van der Waals surface area contributed by atoms with Gasteiger partial charge in [-0.15, -0.1) is 23.5 Å². The molecule has 2 atom stereocenters. The third-order valence-corrected chi connectivity index (χ3v) is 9.45. The molecule has 0 radical (unpaired) electrons. The summed E-state index contributed by atoms with van der Waals surface area (Å²) < 4.78 is 0. The van der Waals surface area contributed by atoms with Crippen LogP contribution < -0.4 is 9.80 Å². The van der Waals surface area contributed by atoms with Gasteiger partial charge in [0.1, 0.15) is 0 Å². The summed E-state index contributed by atoms with van der Waals surface area (Å²) >= 11 is 2.84. The second-order valence-corrected chi connectivity index (χ2v) is 12.4. The van der Waals surface area contributed by atoms with Crippen LogP contribution in [0.15, 0.2) is 119 Å². The summed E-state index contributed by atoms with van der Waals surface area (Å²) in [6.07, 6.45) is 0.990. The van der Waals surface area contributed by atoms with Gasteiger partial charge in [0, 0.05) is 22.6 Å². The fourth-order valence-electron chi connectivity index (χ4n) is 5.02. The number of benzene rings is 4. The topological polar surface area (TPSA) is 74.8 Å². The molecule has 0 saturated carbocycles. The Bertz CT molecular complexity index is 1470. The molecule has 0 aromatic heterocycles. The first-order valence-corrected chi connectivity index (χ1v) is 15.1. The second kappa shape index (κ2) is 11.8. The molecule has 2 heterocycles. The Labute approximate surface area is 246 Å². The fourth-order valence-corrected chi connectivity index (χ4v) is 7.17. The van der Waals surface area contributed by atoms with Gasteiger partial charge < -0.3 is 0 Å². The normalized spacial score (nSPS) is 18.9. The van der Waals surface area contributed by atoms with Gasteiger partial charge in [-0.1, -0.05) is 60.7 Å². The van der Waals surface area contributed by atoms with Crippen molar-refractivity contribution in [2.45, 2.75) is 39.6 Å². The van der Waals surface area contributed by atoms with Crippen molar-refractivity contribution in [1.82, 2.24) is 0 Å². The van der Waals surface area contributed by atoms with E-state index in [9.17, 15) is 19.2 Å². The van der Waals surface area contributed by atoms with Crippen LogP contribution in [-0.4, -0.2) is 34.1 Å². The Balaban J connectivity index is 1.08. The van der Waals surface area contributed by atoms with Gasteiger partial charge in [-0.25, -0.2) is 9.80 Å². The summed E-state index contributed by atoms with van der Waals surface area (Å²) in [5.41, 5.74) is 3.18. The number of imide groups is 2. The number of rotatable bonds is 8. The van der Waals surface area contributed by atoms with Crippen LogP contribution in [0.3, 0.4) is 0 Å². The smallest absolute Gasteiger partial charge is 0.247 e. The number of amides is 4. The van der Waals surface area contributed by atoms with Gasteiger partial charge in [-0.05, 0) is 66.1 Å². The first-order chi connectivity index (χ1) is 20.0. The maximum atomic E-state index is 13.0. The minimum absolute atomic E-state index is 0.181. The molecular formula is C33H26N2O4S2. The molecule has 41 heavy (non-hydrogen) atoms. The quantitative estimate of drug-likeness (QED) is 0.234. The third kappa shape index (κ3) is 5.85. The lowest BCUT2D eigenvalue weighted by molar-refractivity contribution is -0.122. The van der Waals surface area contributed by atoms with E-state index in [0.717, 1.165) is 20.9 Å². The highest BCUT2D eigenvalue weighted by Crippen LogP contribution is 2.35. The fraction of sp³-hybridized carbons (Fsp3) is 0.152. The molecule has 204 valence electrons. The zero-order valence-corrected chi connectivity index (χ0v) is 23.6. The van der Waals surface area contributed by atoms with Crippen LogP contribution in [0, 0.1) is 0 Å². The zero-order chi connectivity index (χ0) is 28.3. The van der Waals surface area contributed by atoms with Crippen molar-refractivity contribution in [2.75, 3.05) is 9.80 Å². The molecule has 4 aromatic rings. The number of carbonyl (C=O) groups excluding carboxylic acids is 4. The standard InChI is InChI=1S/C33H26N2O4S2/c36-30-20-28(40-26-7-3-1-4-8-26)32(38)34(30)24-15-11-22(12-16-24)19-23-13-17-25(18-14-23)35-31(37)21-29(33(35)39)41-27-9-5-2-6-10-27/h1-18,28-29H,19-21H2/t28-,29-/m0/s1. The predicted octanol–water partition coefficient (Wildman–Crippen LogP) is 6.13. The van der Waals surface area contributed by atoms with E-state index in [4.69, 9.17) is 0 Å². The lowest BCUT2D eigenvalue weighted by atomic mass is 10.0. The molecule has 8 heteroatoms. The minimum Gasteiger partial charge on any atom is -0.274 e. The molecule has 0 bridgehead atoms. The Morgan fingerprint density at radius 3 is 1.24 bits per heavy atom. The molecule has 0 spiro atoms. The average Bonchev–Trinajstić information content (AvgIpc) is 3.43. The maximum absolute atomic E-state index is 13.0.